The number of carbonyl (C=O) groups excluding carboxylic acids is 1. The topological polar surface area (TPSA) is 26.3 Å². The third kappa shape index (κ3) is 4.44. The molecule has 0 N–H and O–H groups in total. The molecule has 2 nitrogen and oxygen atoms in total. The van der Waals surface area contributed by atoms with Crippen molar-refractivity contribution in [2.24, 2.45) is 0 Å². The van der Waals surface area contributed by atoms with Crippen molar-refractivity contribution in [3.8, 4) is 0 Å². The van der Waals surface area contributed by atoms with Crippen molar-refractivity contribution in [3.63, 3.8) is 0 Å². The summed E-state index contributed by atoms with van der Waals surface area (Å²) in [5, 5.41) is 0.327. The third-order valence-electron chi connectivity index (χ3n) is 5.05. The summed E-state index contributed by atoms with van der Waals surface area (Å²) in [6, 6.07) is 10.4. The Morgan fingerprint density at radius 1 is 1.00 bits per heavy atom. The maximum Gasteiger partial charge on any atom is 0.303 e. The molecule has 0 radical (unpaired) electrons. The molecule has 0 aliphatic heterocycles. The number of hydrogen-bond donors (Lipinski definition) is 0. The molecule has 0 spiro atoms. The minimum Gasteiger partial charge on any atom is -0.461 e. The van der Waals surface area contributed by atoms with Gasteiger partial charge in [0.05, 0.1) is 8.07 Å². The number of esters is 1. The van der Waals surface area contributed by atoms with E-state index >= 15 is 0 Å². The molecule has 0 unspecified atom stereocenters. The zero-order chi connectivity index (χ0) is 16.3. The average Bonchev–Trinajstić information content (AvgIpc) is 2.35. The highest BCUT2D eigenvalue weighted by molar-refractivity contribution is 6.86. The Labute approximate surface area is 130 Å². The minimum absolute atomic E-state index is 0.0575. The largest absolute Gasteiger partial charge is 0.461 e. The van der Waals surface area contributed by atoms with Gasteiger partial charge in [0.2, 0.25) is 0 Å². The fourth-order valence-electron chi connectivity index (χ4n) is 2.73. The molecule has 0 atom stereocenters. The molecule has 1 rings (SSSR count). The van der Waals surface area contributed by atoms with E-state index < -0.39 is 8.07 Å². The standard InChI is InChI=1S/C18H30O2Si/c1-17(2,3)21(7,18(4,5)6)14-16(19)20-13-15-11-9-8-10-12-15/h8-12H,13-14H2,1-7H3. The number of ether oxygens (including phenoxy) is 1. The van der Waals surface area contributed by atoms with Gasteiger partial charge < -0.3 is 4.74 Å². The monoisotopic (exact) mass is 306 g/mol. The van der Waals surface area contributed by atoms with E-state index in [1.54, 1.807) is 0 Å². The lowest BCUT2D eigenvalue weighted by Crippen LogP contribution is -2.50. The first-order valence-corrected chi connectivity index (χ1v) is 10.4. The SMILES string of the molecule is CC(C)(C)[Si](C)(CC(=O)OCc1ccccc1)C(C)(C)C. The third-order valence-corrected chi connectivity index (χ3v) is 12.7. The van der Waals surface area contributed by atoms with E-state index in [1.165, 1.54) is 0 Å². The van der Waals surface area contributed by atoms with Crippen LogP contribution in [0.4, 0.5) is 0 Å². The number of carbonyl (C=O) groups is 1. The number of rotatable bonds is 4. The van der Waals surface area contributed by atoms with Crippen molar-refractivity contribution in [1.82, 2.24) is 0 Å². The van der Waals surface area contributed by atoms with Crippen LogP contribution in [0.15, 0.2) is 30.3 Å². The van der Waals surface area contributed by atoms with E-state index in [2.05, 4.69) is 48.1 Å². The molecule has 1 aromatic rings. The van der Waals surface area contributed by atoms with Gasteiger partial charge in [-0.3, -0.25) is 4.79 Å². The van der Waals surface area contributed by atoms with Gasteiger partial charge in [0.15, 0.2) is 0 Å². The van der Waals surface area contributed by atoms with E-state index in [4.69, 9.17) is 4.74 Å². The Balaban J connectivity index is 2.75. The summed E-state index contributed by atoms with van der Waals surface area (Å²) < 4.78 is 5.51. The predicted octanol–water partition coefficient (Wildman–Crippen LogP) is 5.41. The first kappa shape index (κ1) is 18.0. The smallest absolute Gasteiger partial charge is 0.303 e. The van der Waals surface area contributed by atoms with Gasteiger partial charge in [0.1, 0.15) is 6.61 Å². The minimum atomic E-state index is -1.83. The van der Waals surface area contributed by atoms with E-state index in [0.29, 0.717) is 12.7 Å². The molecule has 0 heterocycles. The highest BCUT2D eigenvalue weighted by atomic mass is 28.3. The van der Waals surface area contributed by atoms with Crippen LogP contribution in [-0.4, -0.2) is 14.0 Å². The van der Waals surface area contributed by atoms with Crippen LogP contribution in [0.25, 0.3) is 0 Å². The molecule has 0 aliphatic carbocycles. The summed E-state index contributed by atoms with van der Waals surface area (Å²) >= 11 is 0. The molecule has 3 heteroatoms. The van der Waals surface area contributed by atoms with Crippen LogP contribution in [-0.2, 0) is 16.1 Å². The van der Waals surface area contributed by atoms with Gasteiger partial charge in [0.25, 0.3) is 0 Å². The Hall–Kier alpha value is -1.09. The highest BCUT2D eigenvalue weighted by Gasteiger charge is 2.50. The zero-order valence-corrected chi connectivity index (χ0v) is 15.6. The molecule has 1 aromatic carbocycles. The fourth-order valence-corrected chi connectivity index (χ4v) is 6.72. The van der Waals surface area contributed by atoms with E-state index in [9.17, 15) is 4.79 Å². The first-order valence-electron chi connectivity index (χ1n) is 7.67. The maximum absolute atomic E-state index is 12.3. The lowest BCUT2D eigenvalue weighted by Gasteiger charge is -2.49. The average molecular weight is 307 g/mol. The predicted molar refractivity (Wildman–Crippen MR) is 92.1 cm³/mol. The van der Waals surface area contributed by atoms with E-state index in [0.717, 1.165) is 5.56 Å². The Kier molecular flexibility index (Phi) is 5.43. The molecule has 0 aliphatic rings. The molecule has 0 amide bonds. The molecular weight excluding hydrogens is 276 g/mol. The van der Waals surface area contributed by atoms with Crippen molar-refractivity contribution in [2.45, 2.75) is 70.8 Å². The van der Waals surface area contributed by atoms with Crippen LogP contribution in [0.3, 0.4) is 0 Å². The van der Waals surface area contributed by atoms with Crippen molar-refractivity contribution >= 4 is 14.0 Å². The van der Waals surface area contributed by atoms with Crippen LogP contribution in [0.1, 0.15) is 47.1 Å². The summed E-state index contributed by atoms with van der Waals surface area (Å²) in [6.45, 7) is 16.3. The highest BCUT2D eigenvalue weighted by Crippen LogP contribution is 2.53. The van der Waals surface area contributed by atoms with Gasteiger partial charge >= 0.3 is 5.97 Å². The van der Waals surface area contributed by atoms with Crippen LogP contribution in [0.2, 0.25) is 22.7 Å². The molecular formula is C18H30O2Si. The number of benzene rings is 1. The van der Waals surface area contributed by atoms with Gasteiger partial charge in [-0.05, 0) is 15.6 Å². The second-order valence-electron chi connectivity index (χ2n) is 8.16. The van der Waals surface area contributed by atoms with Gasteiger partial charge in [0, 0.05) is 6.04 Å². The normalized spacial score (nSPS) is 13.1. The summed E-state index contributed by atoms with van der Waals surface area (Å²) in [6.07, 6.45) is 0. The summed E-state index contributed by atoms with van der Waals surface area (Å²) in [4.78, 5) is 12.3. The summed E-state index contributed by atoms with van der Waals surface area (Å²) in [5.41, 5.74) is 1.04. The van der Waals surface area contributed by atoms with Gasteiger partial charge in [-0.1, -0.05) is 78.4 Å². The summed E-state index contributed by atoms with van der Waals surface area (Å²) in [7, 11) is -1.83. The van der Waals surface area contributed by atoms with Crippen molar-refractivity contribution < 1.29 is 9.53 Å². The first-order chi connectivity index (χ1) is 9.47. The van der Waals surface area contributed by atoms with E-state index in [-0.39, 0.29) is 16.0 Å². The van der Waals surface area contributed by atoms with Crippen molar-refractivity contribution in [1.29, 1.82) is 0 Å². The van der Waals surface area contributed by atoms with Crippen LogP contribution >= 0.6 is 0 Å². The van der Waals surface area contributed by atoms with Gasteiger partial charge in [-0.2, -0.15) is 0 Å². The Morgan fingerprint density at radius 3 is 1.90 bits per heavy atom. The van der Waals surface area contributed by atoms with Crippen LogP contribution < -0.4 is 0 Å². The molecule has 0 saturated carbocycles. The molecule has 118 valence electrons. The molecule has 0 bridgehead atoms. The van der Waals surface area contributed by atoms with Crippen molar-refractivity contribution in [2.75, 3.05) is 0 Å². The zero-order valence-electron chi connectivity index (χ0n) is 14.6. The second-order valence-corrected chi connectivity index (χ2v) is 14.2. The van der Waals surface area contributed by atoms with Gasteiger partial charge in [-0.25, -0.2) is 0 Å². The molecule has 0 fully saturated rings. The van der Waals surface area contributed by atoms with Crippen molar-refractivity contribution in [3.05, 3.63) is 35.9 Å². The fraction of sp³-hybridized carbons (Fsp3) is 0.611. The molecule has 21 heavy (non-hydrogen) atoms. The molecule has 0 aromatic heterocycles. The molecule has 0 saturated heterocycles. The second kappa shape index (κ2) is 6.35. The van der Waals surface area contributed by atoms with E-state index in [1.807, 2.05) is 30.3 Å². The Morgan fingerprint density at radius 2 is 1.48 bits per heavy atom. The maximum atomic E-state index is 12.3. The van der Waals surface area contributed by atoms with Crippen LogP contribution in [0, 0.1) is 0 Å². The number of hydrogen-bond acceptors (Lipinski definition) is 2. The lowest BCUT2D eigenvalue weighted by atomic mass is 10.2. The summed E-state index contributed by atoms with van der Waals surface area (Å²) in [5.74, 6) is -0.0575. The lowest BCUT2D eigenvalue weighted by molar-refractivity contribution is -0.142. The van der Waals surface area contributed by atoms with Gasteiger partial charge in [-0.15, -0.1) is 0 Å². The quantitative estimate of drug-likeness (QED) is 0.549. The van der Waals surface area contributed by atoms with Crippen LogP contribution in [0.5, 0.6) is 0 Å². The Bertz CT molecular complexity index is 452.